The monoisotopic (exact) mass is 411 g/mol. The fraction of sp³-hybridized carbons (Fsp3) is 0.100. The summed E-state index contributed by atoms with van der Waals surface area (Å²) in [6.07, 6.45) is 3.12. The molecule has 0 saturated carbocycles. The first kappa shape index (κ1) is 18.8. The summed E-state index contributed by atoms with van der Waals surface area (Å²) in [5.74, 6) is -0.202. The maximum Gasteiger partial charge on any atom is 0.258 e. The van der Waals surface area contributed by atoms with E-state index in [4.69, 9.17) is 16.1 Å². The third kappa shape index (κ3) is 4.33. The van der Waals surface area contributed by atoms with Crippen molar-refractivity contribution in [2.45, 2.75) is 13.5 Å². The molecule has 2 aromatic carbocycles. The number of imidazole rings is 1. The highest BCUT2D eigenvalue weighted by Gasteiger charge is 2.14. The lowest BCUT2D eigenvalue weighted by atomic mass is 10.2. The maximum atomic E-state index is 13.4. The van der Waals surface area contributed by atoms with E-state index in [0.717, 1.165) is 5.56 Å². The molecule has 0 aliphatic heterocycles. The molecule has 0 saturated heterocycles. The molecular weight excluding hydrogens is 397 g/mol. The number of carbonyl (C=O) groups excluding carboxylic acids is 1. The van der Waals surface area contributed by atoms with Gasteiger partial charge in [0, 0.05) is 22.5 Å². The van der Waals surface area contributed by atoms with Crippen LogP contribution in [0.5, 0.6) is 0 Å². The third-order valence-electron chi connectivity index (χ3n) is 4.14. The zero-order valence-electron chi connectivity index (χ0n) is 15.3. The van der Waals surface area contributed by atoms with Crippen LogP contribution in [-0.4, -0.2) is 25.6 Å². The summed E-state index contributed by atoms with van der Waals surface area (Å²) in [4.78, 5) is 20.7. The van der Waals surface area contributed by atoms with Gasteiger partial charge in [-0.3, -0.25) is 4.79 Å². The molecule has 4 aromatic rings. The van der Waals surface area contributed by atoms with Crippen molar-refractivity contribution in [1.82, 2.24) is 19.7 Å². The Hall–Kier alpha value is -3.52. The van der Waals surface area contributed by atoms with Crippen LogP contribution < -0.4 is 5.32 Å². The van der Waals surface area contributed by atoms with Gasteiger partial charge in [-0.2, -0.15) is 4.98 Å². The summed E-state index contributed by atoms with van der Waals surface area (Å²) in [7, 11) is 0. The average molecular weight is 412 g/mol. The van der Waals surface area contributed by atoms with Crippen LogP contribution >= 0.6 is 11.6 Å². The molecule has 7 nitrogen and oxygen atoms in total. The highest BCUT2D eigenvalue weighted by atomic mass is 35.5. The minimum Gasteiger partial charge on any atom is -0.334 e. The molecule has 2 aromatic heterocycles. The maximum absolute atomic E-state index is 13.4. The molecule has 29 heavy (non-hydrogen) atoms. The van der Waals surface area contributed by atoms with Gasteiger partial charge < -0.3 is 14.4 Å². The molecule has 1 amide bonds. The first-order valence-electron chi connectivity index (χ1n) is 8.66. The molecule has 146 valence electrons. The van der Waals surface area contributed by atoms with Crippen molar-refractivity contribution in [2.75, 3.05) is 5.32 Å². The molecule has 0 aliphatic rings. The fourth-order valence-electron chi connectivity index (χ4n) is 2.67. The number of nitrogens with zero attached hydrogens (tertiary/aromatic N) is 4. The number of nitrogens with one attached hydrogen (secondary N) is 1. The summed E-state index contributed by atoms with van der Waals surface area (Å²) in [5.41, 5.74) is 2.45. The van der Waals surface area contributed by atoms with Gasteiger partial charge in [-0.25, -0.2) is 9.37 Å². The lowest BCUT2D eigenvalue weighted by molar-refractivity contribution is -0.116. The van der Waals surface area contributed by atoms with E-state index < -0.39 is 5.82 Å². The average Bonchev–Trinajstić information content (AvgIpc) is 3.34. The van der Waals surface area contributed by atoms with Crippen LogP contribution in [0.3, 0.4) is 0 Å². The van der Waals surface area contributed by atoms with Crippen molar-refractivity contribution in [1.29, 1.82) is 0 Å². The number of anilines is 1. The minimum atomic E-state index is -0.396. The van der Waals surface area contributed by atoms with E-state index in [1.54, 1.807) is 35.0 Å². The Balaban J connectivity index is 1.44. The smallest absolute Gasteiger partial charge is 0.258 e. The van der Waals surface area contributed by atoms with Gasteiger partial charge in [-0.15, -0.1) is 0 Å². The molecule has 0 radical (unpaired) electrons. The van der Waals surface area contributed by atoms with Crippen molar-refractivity contribution in [2.24, 2.45) is 0 Å². The van der Waals surface area contributed by atoms with Crippen molar-refractivity contribution < 1.29 is 13.7 Å². The van der Waals surface area contributed by atoms with Crippen LogP contribution in [0, 0.1) is 12.7 Å². The van der Waals surface area contributed by atoms with Gasteiger partial charge in [-0.05, 0) is 42.8 Å². The van der Waals surface area contributed by atoms with Crippen molar-refractivity contribution in [3.05, 3.63) is 71.4 Å². The van der Waals surface area contributed by atoms with Crippen LogP contribution in [0.25, 0.3) is 23.0 Å². The second kappa shape index (κ2) is 7.84. The van der Waals surface area contributed by atoms with Gasteiger partial charge in [0.05, 0.1) is 6.33 Å². The van der Waals surface area contributed by atoms with Crippen LogP contribution in [0.2, 0.25) is 5.02 Å². The number of hydrogen-bond acceptors (Lipinski definition) is 5. The van der Waals surface area contributed by atoms with E-state index >= 15 is 0 Å². The van der Waals surface area contributed by atoms with Crippen LogP contribution in [0.1, 0.15) is 5.56 Å². The van der Waals surface area contributed by atoms with E-state index in [0.29, 0.717) is 22.0 Å². The third-order valence-corrected chi connectivity index (χ3v) is 4.55. The number of aryl methyl sites for hydroxylation is 1. The van der Waals surface area contributed by atoms with E-state index in [-0.39, 0.29) is 24.2 Å². The van der Waals surface area contributed by atoms with Crippen LogP contribution in [-0.2, 0) is 11.3 Å². The molecule has 1 N–H and O–H groups in total. The second-order valence-electron chi connectivity index (χ2n) is 6.38. The Morgan fingerprint density at radius 1 is 1.28 bits per heavy atom. The molecule has 0 unspecified atom stereocenters. The molecular formula is C20H15ClFN5O2. The Morgan fingerprint density at radius 3 is 2.93 bits per heavy atom. The molecule has 4 rings (SSSR count). The zero-order chi connectivity index (χ0) is 20.4. The molecule has 0 bridgehead atoms. The fourth-order valence-corrected chi connectivity index (χ4v) is 2.85. The van der Waals surface area contributed by atoms with Gasteiger partial charge in [0.2, 0.25) is 11.7 Å². The second-order valence-corrected chi connectivity index (χ2v) is 6.78. The van der Waals surface area contributed by atoms with Crippen LogP contribution in [0.15, 0.2) is 59.5 Å². The van der Waals surface area contributed by atoms with Gasteiger partial charge in [-0.1, -0.05) is 28.9 Å². The molecule has 0 aliphatic carbocycles. The predicted octanol–water partition coefficient (Wildman–Crippen LogP) is 4.34. The number of aromatic nitrogens is 4. The number of rotatable bonds is 5. The Morgan fingerprint density at radius 2 is 2.14 bits per heavy atom. The first-order chi connectivity index (χ1) is 14.0. The van der Waals surface area contributed by atoms with Gasteiger partial charge in [0.25, 0.3) is 5.89 Å². The van der Waals surface area contributed by atoms with Gasteiger partial charge in [0.1, 0.15) is 18.1 Å². The summed E-state index contributed by atoms with van der Waals surface area (Å²) < 4.78 is 20.1. The Bertz CT molecular complexity index is 1190. The molecule has 0 fully saturated rings. The SMILES string of the molecule is Cc1ccc(NC(=O)Cn2cnc(-c3noc(-c4cccc(F)c4)n3)c2)cc1Cl. The quantitative estimate of drug-likeness (QED) is 0.528. The molecule has 0 atom stereocenters. The molecule has 2 heterocycles. The lowest BCUT2D eigenvalue weighted by Crippen LogP contribution is -2.17. The number of hydrogen-bond donors (Lipinski definition) is 1. The first-order valence-corrected chi connectivity index (χ1v) is 9.03. The summed E-state index contributed by atoms with van der Waals surface area (Å²) >= 11 is 6.07. The number of benzene rings is 2. The minimum absolute atomic E-state index is 0.0487. The summed E-state index contributed by atoms with van der Waals surface area (Å²) in [5, 5.41) is 7.23. The van der Waals surface area contributed by atoms with Crippen molar-refractivity contribution >= 4 is 23.2 Å². The molecule has 0 spiro atoms. The Kier molecular flexibility index (Phi) is 5.09. The van der Waals surface area contributed by atoms with Gasteiger partial charge in [0.15, 0.2) is 0 Å². The van der Waals surface area contributed by atoms with Crippen molar-refractivity contribution in [3.8, 4) is 23.0 Å². The topological polar surface area (TPSA) is 85.8 Å². The normalized spacial score (nSPS) is 10.9. The van der Waals surface area contributed by atoms with E-state index in [2.05, 4.69) is 20.4 Å². The number of amides is 1. The summed E-state index contributed by atoms with van der Waals surface area (Å²) in [6, 6.07) is 11.2. The van der Waals surface area contributed by atoms with E-state index in [1.165, 1.54) is 18.5 Å². The van der Waals surface area contributed by atoms with E-state index in [9.17, 15) is 9.18 Å². The van der Waals surface area contributed by atoms with Gasteiger partial charge >= 0.3 is 0 Å². The van der Waals surface area contributed by atoms with Crippen LogP contribution in [0.4, 0.5) is 10.1 Å². The predicted molar refractivity (Wildman–Crippen MR) is 106 cm³/mol. The number of halogens is 2. The van der Waals surface area contributed by atoms with E-state index in [1.807, 2.05) is 13.0 Å². The highest BCUT2D eigenvalue weighted by molar-refractivity contribution is 6.31. The number of carbonyl (C=O) groups is 1. The van der Waals surface area contributed by atoms with Crippen molar-refractivity contribution in [3.63, 3.8) is 0 Å². The lowest BCUT2D eigenvalue weighted by Gasteiger charge is -2.07. The molecule has 9 heteroatoms. The summed E-state index contributed by atoms with van der Waals surface area (Å²) in [6.45, 7) is 1.94. The highest BCUT2D eigenvalue weighted by Crippen LogP contribution is 2.22. The standard InChI is InChI=1S/C20H15ClFN5O2/c1-12-5-6-15(8-16(12)21)24-18(28)10-27-9-17(23-11-27)19-25-20(29-26-19)13-3-2-4-14(22)7-13/h2-9,11H,10H2,1H3,(H,24,28). The Labute approximate surface area is 170 Å². The zero-order valence-corrected chi connectivity index (χ0v) is 16.0. The largest absolute Gasteiger partial charge is 0.334 e.